The number of piperidine rings is 1. The number of pyridine rings is 1. The Morgan fingerprint density at radius 3 is 2.25 bits per heavy atom. The second-order valence-corrected chi connectivity index (χ2v) is 12.4. The summed E-state index contributed by atoms with van der Waals surface area (Å²) < 4.78 is 102. The minimum absolute atomic E-state index is 0.0244. The molecular formula is C36H40F6N4O6. The number of alkyl halides is 6. The van der Waals surface area contributed by atoms with Gasteiger partial charge in [0.15, 0.2) is 0 Å². The number of carbonyl (C=O) groups is 2. The van der Waals surface area contributed by atoms with E-state index in [-0.39, 0.29) is 44.6 Å². The van der Waals surface area contributed by atoms with E-state index >= 15 is 0 Å². The first-order valence-corrected chi connectivity index (χ1v) is 16.9. The molecule has 0 N–H and O–H groups in total. The second kappa shape index (κ2) is 16.3. The number of hydrogen-bond acceptors (Lipinski definition) is 8. The number of rotatable bonds is 12. The van der Waals surface area contributed by atoms with Gasteiger partial charge in [-0.15, -0.1) is 13.2 Å². The fourth-order valence-corrected chi connectivity index (χ4v) is 6.78. The average Bonchev–Trinajstić information content (AvgIpc) is 3.12. The van der Waals surface area contributed by atoms with Crippen LogP contribution < -0.4 is 19.1 Å². The van der Waals surface area contributed by atoms with E-state index in [1.165, 1.54) is 17.0 Å². The molecule has 3 heterocycles. The molecule has 0 aliphatic carbocycles. The molecule has 0 spiro atoms. The number of para-hydroxylation sites is 2. The maximum absolute atomic E-state index is 14.9. The molecule has 10 nitrogen and oxygen atoms in total. The van der Waals surface area contributed by atoms with E-state index in [1.54, 1.807) is 12.0 Å². The molecule has 2 aliphatic rings. The number of halogens is 6. The number of likely N-dealkylation sites (tertiary alicyclic amines) is 1. The Hall–Kier alpha value is -4.73. The molecule has 3 aromatic rings. The molecule has 2 amide bonds. The zero-order valence-corrected chi connectivity index (χ0v) is 28.7. The van der Waals surface area contributed by atoms with Crippen LogP contribution in [0.1, 0.15) is 48.5 Å². The normalized spacial score (nSPS) is 19.7. The number of piperazine rings is 1. The Balaban J connectivity index is 1.48. The highest BCUT2D eigenvalue weighted by Gasteiger charge is 2.56. The molecular weight excluding hydrogens is 698 g/mol. The monoisotopic (exact) mass is 738 g/mol. The zero-order valence-electron chi connectivity index (χ0n) is 28.7. The summed E-state index contributed by atoms with van der Waals surface area (Å²) in [6.45, 7) is 3.88. The first-order chi connectivity index (χ1) is 24.8. The molecule has 0 saturated carbocycles. The summed E-state index contributed by atoms with van der Waals surface area (Å²) in [6.07, 6.45) is -7.07. The van der Waals surface area contributed by atoms with Crippen molar-refractivity contribution in [2.75, 3.05) is 57.9 Å². The van der Waals surface area contributed by atoms with Gasteiger partial charge in [0.25, 0.3) is 11.8 Å². The largest absolute Gasteiger partial charge is 0.573 e. The lowest BCUT2D eigenvalue weighted by Gasteiger charge is -2.51. The van der Waals surface area contributed by atoms with Crippen molar-refractivity contribution in [3.63, 3.8) is 0 Å². The topological polar surface area (TPSA) is 93.7 Å². The number of hydrogen-bond donors (Lipinski definition) is 0. The summed E-state index contributed by atoms with van der Waals surface area (Å²) in [5.41, 5.74) is -2.78. The van der Waals surface area contributed by atoms with Crippen molar-refractivity contribution < 1.29 is 54.9 Å². The van der Waals surface area contributed by atoms with E-state index in [2.05, 4.69) is 14.6 Å². The Labute approximate surface area is 297 Å². The molecule has 1 aromatic heterocycles. The number of anilines is 1. The van der Waals surface area contributed by atoms with Gasteiger partial charge in [0, 0.05) is 58.6 Å². The first kappa shape index (κ1) is 38.5. The van der Waals surface area contributed by atoms with Crippen molar-refractivity contribution in [3.8, 4) is 17.2 Å². The zero-order chi connectivity index (χ0) is 37.5. The average molecular weight is 739 g/mol. The molecule has 2 fully saturated rings. The van der Waals surface area contributed by atoms with Gasteiger partial charge in [0.2, 0.25) is 5.60 Å². The molecule has 2 aliphatic heterocycles. The fourth-order valence-electron chi connectivity index (χ4n) is 6.78. The van der Waals surface area contributed by atoms with Crippen molar-refractivity contribution in [3.05, 3.63) is 78.1 Å². The lowest BCUT2D eigenvalue weighted by molar-refractivity contribution is -0.274. The maximum atomic E-state index is 14.9. The molecule has 2 aromatic carbocycles. The number of amides is 2. The van der Waals surface area contributed by atoms with E-state index in [4.69, 9.17) is 14.2 Å². The van der Waals surface area contributed by atoms with Gasteiger partial charge in [0.05, 0.1) is 29.5 Å². The van der Waals surface area contributed by atoms with Crippen LogP contribution in [0.15, 0.2) is 67.0 Å². The Morgan fingerprint density at radius 2 is 1.60 bits per heavy atom. The van der Waals surface area contributed by atoms with Crippen LogP contribution in [0.3, 0.4) is 0 Å². The van der Waals surface area contributed by atoms with Crippen molar-refractivity contribution in [2.45, 2.75) is 56.8 Å². The lowest BCUT2D eigenvalue weighted by Crippen LogP contribution is -2.69. The molecule has 52 heavy (non-hydrogen) atoms. The van der Waals surface area contributed by atoms with Crippen molar-refractivity contribution in [1.29, 1.82) is 0 Å². The molecule has 2 atom stereocenters. The summed E-state index contributed by atoms with van der Waals surface area (Å²) in [4.78, 5) is 37.6. The van der Waals surface area contributed by atoms with Crippen molar-refractivity contribution in [2.24, 2.45) is 0 Å². The van der Waals surface area contributed by atoms with E-state index in [1.807, 2.05) is 31.2 Å². The Morgan fingerprint density at radius 1 is 0.904 bits per heavy atom. The van der Waals surface area contributed by atoms with Crippen LogP contribution in [0.2, 0.25) is 0 Å². The van der Waals surface area contributed by atoms with E-state index in [9.17, 15) is 35.9 Å². The van der Waals surface area contributed by atoms with Gasteiger partial charge in [-0.1, -0.05) is 25.5 Å². The minimum Gasteiger partial charge on any atom is -0.489 e. The second-order valence-electron chi connectivity index (χ2n) is 12.4. The number of nitrogens with zero attached hydrogens (tertiary/aromatic N) is 4. The van der Waals surface area contributed by atoms with Gasteiger partial charge in [0.1, 0.15) is 23.9 Å². The van der Waals surface area contributed by atoms with Crippen LogP contribution in [0.5, 0.6) is 17.2 Å². The standard InChI is InChI=1S/C36H40F6N4O6/c1-3-7-31-34(51-25-10-12-26(13-11-25)52-36(40,41)42,15-6-17-46(31)32(47)27-24-43-16-14-28(27)35(37,38)39)33(48)45-20-18-44(19-21-45)29-8-4-5-9-30(29)50-23-22-49-2/h4-5,8-14,16,24,31H,3,6-7,15,17-23H2,1-2H3/t31-,34+/m1/s1. The SMILES string of the molecule is CCC[C@H]1N(C(=O)c2cnccc2C(F)(F)F)CCC[C@@]1(Oc1ccc(OC(F)(F)F)cc1)C(=O)N1CCN(c2ccccc2OCCOC)CC1. The number of methoxy groups -OCH3 is 1. The van der Waals surface area contributed by atoms with Crippen molar-refractivity contribution >= 4 is 17.5 Å². The van der Waals surface area contributed by atoms with Crippen molar-refractivity contribution in [1.82, 2.24) is 14.8 Å². The highest BCUT2D eigenvalue weighted by Crippen LogP contribution is 2.40. The third-order valence-corrected chi connectivity index (χ3v) is 9.08. The summed E-state index contributed by atoms with van der Waals surface area (Å²) in [5.74, 6) is -1.27. The van der Waals surface area contributed by atoms with E-state index < -0.39 is 52.9 Å². The smallest absolute Gasteiger partial charge is 0.489 e. The van der Waals surface area contributed by atoms with Crippen LogP contribution in [0.25, 0.3) is 0 Å². The van der Waals surface area contributed by atoms with E-state index in [0.717, 1.165) is 36.3 Å². The predicted molar refractivity (Wildman–Crippen MR) is 177 cm³/mol. The van der Waals surface area contributed by atoms with Crippen LogP contribution in [-0.4, -0.2) is 97.7 Å². The molecule has 0 radical (unpaired) electrons. The fraction of sp³-hybridized carbons (Fsp3) is 0.472. The number of carbonyl (C=O) groups excluding carboxylic acids is 2. The van der Waals surface area contributed by atoms with Crippen LogP contribution in [-0.2, 0) is 15.7 Å². The van der Waals surface area contributed by atoms with Crippen LogP contribution >= 0.6 is 0 Å². The van der Waals surface area contributed by atoms with Gasteiger partial charge >= 0.3 is 12.5 Å². The first-order valence-electron chi connectivity index (χ1n) is 16.9. The minimum atomic E-state index is -4.93. The highest BCUT2D eigenvalue weighted by atomic mass is 19.4. The molecule has 282 valence electrons. The Bertz CT molecular complexity index is 1670. The van der Waals surface area contributed by atoms with Gasteiger partial charge in [-0.25, -0.2) is 0 Å². The third-order valence-electron chi connectivity index (χ3n) is 9.08. The van der Waals surface area contributed by atoms with Crippen LogP contribution in [0.4, 0.5) is 32.0 Å². The van der Waals surface area contributed by atoms with E-state index in [0.29, 0.717) is 38.5 Å². The number of benzene rings is 2. The van der Waals surface area contributed by atoms with Gasteiger partial charge in [-0.05, 0) is 55.3 Å². The quantitative estimate of drug-likeness (QED) is 0.152. The van der Waals surface area contributed by atoms with Gasteiger partial charge in [-0.3, -0.25) is 14.6 Å². The molecule has 2 saturated heterocycles. The Kier molecular flexibility index (Phi) is 12.1. The summed E-state index contributed by atoms with van der Waals surface area (Å²) in [7, 11) is 1.57. The highest BCUT2D eigenvalue weighted by molar-refractivity contribution is 5.97. The summed E-state index contributed by atoms with van der Waals surface area (Å²) >= 11 is 0. The van der Waals surface area contributed by atoms with Gasteiger partial charge < -0.3 is 33.6 Å². The van der Waals surface area contributed by atoms with Gasteiger partial charge in [-0.2, -0.15) is 13.2 Å². The summed E-state index contributed by atoms with van der Waals surface area (Å²) in [5, 5.41) is 0. The molecule has 5 rings (SSSR count). The molecule has 0 bridgehead atoms. The third kappa shape index (κ3) is 8.82. The molecule has 0 unspecified atom stereocenters. The predicted octanol–water partition coefficient (Wildman–Crippen LogP) is 6.60. The number of ether oxygens (including phenoxy) is 4. The maximum Gasteiger partial charge on any atom is 0.573 e. The van der Waals surface area contributed by atoms with Crippen LogP contribution in [0, 0.1) is 0 Å². The molecule has 16 heteroatoms. The lowest BCUT2D eigenvalue weighted by atomic mass is 9.79. The summed E-state index contributed by atoms with van der Waals surface area (Å²) in [6, 6.07) is 11.7. The number of aromatic nitrogens is 1.